The van der Waals surface area contributed by atoms with Crippen LogP contribution in [0.4, 0.5) is 0 Å². The Morgan fingerprint density at radius 2 is 2.00 bits per heavy atom. The first-order chi connectivity index (χ1) is 7.52. The predicted molar refractivity (Wildman–Crippen MR) is 65.8 cm³/mol. The van der Waals surface area contributed by atoms with Crippen LogP contribution in [0.3, 0.4) is 0 Å². The smallest absolute Gasteiger partial charge is 0.138 e. The van der Waals surface area contributed by atoms with Crippen molar-refractivity contribution in [2.24, 2.45) is 0 Å². The lowest BCUT2D eigenvalue weighted by Gasteiger charge is -2.14. The van der Waals surface area contributed by atoms with Crippen LogP contribution < -0.4 is 0 Å². The van der Waals surface area contributed by atoms with Crippen LogP contribution in [0.15, 0.2) is 18.2 Å². The first-order valence-corrected chi connectivity index (χ1v) is 5.74. The maximum atomic E-state index is 9.72. The van der Waals surface area contributed by atoms with Gasteiger partial charge in [-0.05, 0) is 32.9 Å². The topological polar surface area (TPSA) is 38.0 Å². The van der Waals surface area contributed by atoms with Gasteiger partial charge in [0.2, 0.25) is 0 Å². The molecule has 1 aromatic carbocycles. The van der Waals surface area contributed by atoms with E-state index in [1.165, 1.54) is 0 Å². The lowest BCUT2D eigenvalue weighted by Crippen LogP contribution is -2.09. The van der Waals surface area contributed by atoms with Gasteiger partial charge in [-0.25, -0.2) is 4.98 Å². The average molecular weight is 239 g/mol. The number of para-hydroxylation sites is 1. The molecule has 1 aromatic heterocycles. The van der Waals surface area contributed by atoms with Gasteiger partial charge in [0, 0.05) is 6.04 Å². The number of hydrogen-bond donors (Lipinski definition) is 1. The molecule has 0 saturated carbocycles. The molecule has 1 N–H and O–H groups in total. The number of benzene rings is 1. The van der Waals surface area contributed by atoms with E-state index >= 15 is 0 Å². The molecule has 1 heterocycles. The highest BCUT2D eigenvalue weighted by Crippen LogP contribution is 2.29. The Balaban J connectivity index is 2.83. The van der Waals surface area contributed by atoms with Gasteiger partial charge in [0.1, 0.15) is 11.9 Å². The van der Waals surface area contributed by atoms with Crippen LogP contribution in [0.1, 0.15) is 38.7 Å². The van der Waals surface area contributed by atoms with Crippen LogP contribution >= 0.6 is 11.6 Å². The van der Waals surface area contributed by atoms with E-state index in [1.807, 2.05) is 22.8 Å². The number of rotatable bonds is 2. The summed E-state index contributed by atoms with van der Waals surface area (Å²) in [6.07, 6.45) is -0.592. The minimum Gasteiger partial charge on any atom is -0.385 e. The fourth-order valence-electron chi connectivity index (χ4n) is 1.94. The van der Waals surface area contributed by atoms with Crippen LogP contribution in [0.5, 0.6) is 0 Å². The van der Waals surface area contributed by atoms with Gasteiger partial charge in [0.15, 0.2) is 0 Å². The number of aromatic nitrogens is 2. The molecule has 0 amide bonds. The molecule has 16 heavy (non-hydrogen) atoms. The van der Waals surface area contributed by atoms with Crippen LogP contribution in [0, 0.1) is 0 Å². The monoisotopic (exact) mass is 238 g/mol. The number of hydrogen-bond acceptors (Lipinski definition) is 2. The standard InChI is InChI=1S/C12H15ClN2O/c1-7(2)15-11-9(13)5-4-6-10(11)14-12(15)8(3)16/h4-8,16H,1-3H3/t8-/m0/s1. The van der Waals surface area contributed by atoms with E-state index in [0.29, 0.717) is 10.8 Å². The van der Waals surface area contributed by atoms with Crippen molar-refractivity contribution in [2.45, 2.75) is 32.9 Å². The van der Waals surface area contributed by atoms with E-state index in [4.69, 9.17) is 11.6 Å². The Kier molecular flexibility index (Phi) is 2.91. The minimum atomic E-state index is -0.592. The summed E-state index contributed by atoms with van der Waals surface area (Å²) in [6.45, 7) is 5.82. The van der Waals surface area contributed by atoms with Gasteiger partial charge in [-0.15, -0.1) is 0 Å². The lowest BCUT2D eigenvalue weighted by molar-refractivity contribution is 0.182. The Hall–Kier alpha value is -1.06. The fraction of sp³-hybridized carbons (Fsp3) is 0.417. The van der Waals surface area contributed by atoms with Crippen LogP contribution in [0.25, 0.3) is 11.0 Å². The molecule has 4 heteroatoms. The van der Waals surface area contributed by atoms with Crippen molar-refractivity contribution in [1.29, 1.82) is 0 Å². The summed E-state index contributed by atoms with van der Waals surface area (Å²) in [5, 5.41) is 10.4. The maximum Gasteiger partial charge on any atom is 0.138 e. The third-order valence-electron chi connectivity index (χ3n) is 2.58. The molecule has 1 atom stereocenters. The Morgan fingerprint density at radius 3 is 2.56 bits per heavy atom. The summed E-state index contributed by atoms with van der Waals surface area (Å²) >= 11 is 6.18. The number of aliphatic hydroxyl groups is 1. The van der Waals surface area contributed by atoms with Crippen molar-refractivity contribution in [2.75, 3.05) is 0 Å². The molecular formula is C12H15ClN2O. The summed E-state index contributed by atoms with van der Waals surface area (Å²) in [5.41, 5.74) is 1.73. The first-order valence-electron chi connectivity index (χ1n) is 5.36. The van der Waals surface area contributed by atoms with E-state index in [1.54, 1.807) is 6.92 Å². The summed E-state index contributed by atoms with van der Waals surface area (Å²) in [6, 6.07) is 5.84. The molecule has 0 unspecified atom stereocenters. The zero-order chi connectivity index (χ0) is 11.9. The molecule has 0 spiro atoms. The predicted octanol–water partition coefficient (Wildman–Crippen LogP) is 3.32. The Labute approximate surface area is 99.7 Å². The quantitative estimate of drug-likeness (QED) is 0.872. The molecule has 3 nitrogen and oxygen atoms in total. The van der Waals surface area contributed by atoms with E-state index in [-0.39, 0.29) is 6.04 Å². The zero-order valence-electron chi connectivity index (χ0n) is 9.61. The number of halogens is 1. The third-order valence-corrected chi connectivity index (χ3v) is 2.88. The summed E-state index contributed by atoms with van der Waals surface area (Å²) in [5.74, 6) is 0.665. The van der Waals surface area contributed by atoms with Crippen molar-refractivity contribution in [1.82, 2.24) is 9.55 Å². The first kappa shape index (κ1) is 11.4. The van der Waals surface area contributed by atoms with Gasteiger partial charge < -0.3 is 9.67 Å². The highest BCUT2D eigenvalue weighted by Gasteiger charge is 2.18. The van der Waals surface area contributed by atoms with Gasteiger partial charge >= 0.3 is 0 Å². The van der Waals surface area contributed by atoms with Crippen molar-refractivity contribution < 1.29 is 5.11 Å². The van der Waals surface area contributed by atoms with Crippen molar-refractivity contribution in [3.05, 3.63) is 29.0 Å². The molecule has 0 bridgehead atoms. The Morgan fingerprint density at radius 1 is 1.31 bits per heavy atom. The van der Waals surface area contributed by atoms with E-state index < -0.39 is 6.10 Å². The number of nitrogens with zero attached hydrogens (tertiary/aromatic N) is 2. The molecule has 0 aliphatic rings. The highest BCUT2D eigenvalue weighted by atomic mass is 35.5. The molecule has 0 radical (unpaired) electrons. The normalized spacial score (nSPS) is 13.6. The maximum absolute atomic E-state index is 9.72. The van der Waals surface area contributed by atoms with Crippen molar-refractivity contribution in [3.63, 3.8) is 0 Å². The van der Waals surface area contributed by atoms with E-state index in [0.717, 1.165) is 11.0 Å². The molecule has 0 aliphatic carbocycles. The van der Waals surface area contributed by atoms with Crippen LogP contribution in [0.2, 0.25) is 5.02 Å². The van der Waals surface area contributed by atoms with Gasteiger partial charge in [-0.3, -0.25) is 0 Å². The molecule has 2 aromatic rings. The lowest BCUT2D eigenvalue weighted by atomic mass is 10.3. The molecule has 0 fully saturated rings. The molecule has 0 aliphatic heterocycles. The third kappa shape index (κ3) is 1.70. The molecule has 0 saturated heterocycles. The minimum absolute atomic E-state index is 0.217. The SMILES string of the molecule is CC(C)n1c([C@H](C)O)nc2cccc(Cl)c21. The number of fused-ring (bicyclic) bond motifs is 1. The van der Waals surface area contributed by atoms with Crippen LogP contribution in [-0.2, 0) is 0 Å². The van der Waals surface area contributed by atoms with Gasteiger partial charge in [0.25, 0.3) is 0 Å². The second-order valence-corrected chi connectivity index (χ2v) is 4.62. The average Bonchev–Trinajstić information content (AvgIpc) is 2.58. The fourth-order valence-corrected chi connectivity index (χ4v) is 2.20. The highest BCUT2D eigenvalue weighted by molar-refractivity contribution is 6.35. The largest absolute Gasteiger partial charge is 0.385 e. The van der Waals surface area contributed by atoms with Crippen LogP contribution in [-0.4, -0.2) is 14.7 Å². The van der Waals surface area contributed by atoms with Crippen molar-refractivity contribution in [3.8, 4) is 0 Å². The number of aliphatic hydroxyl groups excluding tert-OH is 1. The molecule has 86 valence electrons. The van der Waals surface area contributed by atoms with Gasteiger partial charge in [0.05, 0.1) is 16.1 Å². The Bertz CT molecular complexity index is 517. The second kappa shape index (κ2) is 4.07. The number of imidazole rings is 1. The summed E-state index contributed by atoms with van der Waals surface area (Å²) < 4.78 is 1.99. The van der Waals surface area contributed by atoms with Crippen molar-refractivity contribution >= 4 is 22.6 Å². The second-order valence-electron chi connectivity index (χ2n) is 4.22. The molecular weight excluding hydrogens is 224 g/mol. The van der Waals surface area contributed by atoms with E-state index in [9.17, 15) is 5.11 Å². The van der Waals surface area contributed by atoms with Gasteiger partial charge in [-0.2, -0.15) is 0 Å². The molecule has 2 rings (SSSR count). The van der Waals surface area contributed by atoms with E-state index in [2.05, 4.69) is 18.8 Å². The zero-order valence-corrected chi connectivity index (χ0v) is 10.4. The summed E-state index contributed by atoms with van der Waals surface area (Å²) in [4.78, 5) is 4.42. The van der Waals surface area contributed by atoms with Gasteiger partial charge in [-0.1, -0.05) is 17.7 Å². The summed E-state index contributed by atoms with van der Waals surface area (Å²) in [7, 11) is 0.